The van der Waals surface area contributed by atoms with Gasteiger partial charge in [0.2, 0.25) is 0 Å². The summed E-state index contributed by atoms with van der Waals surface area (Å²) < 4.78 is 11.1. The molecule has 4 N–H and O–H groups in total. The van der Waals surface area contributed by atoms with Crippen LogP contribution in [0.25, 0.3) is 0 Å². The van der Waals surface area contributed by atoms with Crippen molar-refractivity contribution < 1.29 is 19.1 Å². The van der Waals surface area contributed by atoms with Gasteiger partial charge in [-0.1, -0.05) is 53.9 Å². The summed E-state index contributed by atoms with van der Waals surface area (Å²) in [5.41, 5.74) is 13.2. The van der Waals surface area contributed by atoms with Gasteiger partial charge in [-0.05, 0) is 116 Å². The van der Waals surface area contributed by atoms with E-state index < -0.39 is 11.9 Å². The predicted molar refractivity (Wildman–Crippen MR) is 173 cm³/mol. The van der Waals surface area contributed by atoms with Gasteiger partial charge in [0.1, 0.15) is 11.9 Å². The standard InChI is InChI=1S/C37H56N2O4/c1-23(2)7-6-8-24(3)31-11-12-32-30-10-9-25-19-28(15-17-36(25,4)33(30)16-18-37(31,32)5)42-34(40)13-14-35(41)43-29-21-26(38)20-27(39)22-29/h13-14,20-25,28,30-33H,6-12,15-19,38-39H2,1-5H3. The third-order valence-electron chi connectivity index (χ3n) is 12.6. The van der Waals surface area contributed by atoms with Crippen LogP contribution in [0.1, 0.15) is 112 Å². The Morgan fingerprint density at radius 3 is 2.26 bits per heavy atom. The maximum absolute atomic E-state index is 12.6. The summed E-state index contributed by atoms with van der Waals surface area (Å²) >= 11 is 0. The zero-order chi connectivity index (χ0) is 30.9. The highest BCUT2D eigenvalue weighted by atomic mass is 16.5. The van der Waals surface area contributed by atoms with E-state index in [0.717, 1.165) is 60.8 Å². The van der Waals surface area contributed by atoms with Crippen LogP contribution in [0.2, 0.25) is 0 Å². The molecule has 4 fully saturated rings. The maximum atomic E-state index is 12.6. The molecule has 4 aliphatic carbocycles. The van der Waals surface area contributed by atoms with E-state index in [-0.39, 0.29) is 11.9 Å². The normalized spacial score (nSPS) is 36.0. The number of anilines is 2. The van der Waals surface area contributed by atoms with Gasteiger partial charge in [0.15, 0.2) is 0 Å². The molecule has 43 heavy (non-hydrogen) atoms. The van der Waals surface area contributed by atoms with Gasteiger partial charge in [0.25, 0.3) is 0 Å². The molecule has 4 aliphatic rings. The third-order valence-corrected chi connectivity index (χ3v) is 12.6. The van der Waals surface area contributed by atoms with Gasteiger partial charge in [0.05, 0.1) is 0 Å². The van der Waals surface area contributed by atoms with E-state index in [1.54, 1.807) is 6.07 Å². The molecule has 0 heterocycles. The first-order valence-electron chi connectivity index (χ1n) is 17.2. The molecule has 0 bridgehead atoms. The number of hydrogen-bond donors (Lipinski definition) is 2. The molecule has 1 aromatic rings. The Hall–Kier alpha value is -2.50. The summed E-state index contributed by atoms with van der Waals surface area (Å²) in [5.74, 6) is 4.77. The Bertz CT molecular complexity index is 1170. The first-order valence-corrected chi connectivity index (χ1v) is 17.2. The number of rotatable bonds is 9. The van der Waals surface area contributed by atoms with Crippen molar-refractivity contribution in [1.29, 1.82) is 0 Å². The molecule has 5 rings (SSSR count). The number of nitrogens with two attached hydrogens (primary N) is 2. The van der Waals surface area contributed by atoms with Crippen LogP contribution in [-0.2, 0) is 14.3 Å². The van der Waals surface area contributed by atoms with E-state index >= 15 is 0 Å². The number of carbonyl (C=O) groups excluding carboxylic acids is 2. The first kappa shape index (κ1) is 31.9. The minimum absolute atomic E-state index is 0.0899. The van der Waals surface area contributed by atoms with Crippen molar-refractivity contribution in [3.63, 3.8) is 0 Å². The van der Waals surface area contributed by atoms with Crippen molar-refractivity contribution in [2.24, 2.45) is 52.3 Å². The average molecular weight is 593 g/mol. The second kappa shape index (κ2) is 12.9. The first-order chi connectivity index (χ1) is 20.4. The van der Waals surface area contributed by atoms with E-state index in [4.69, 9.17) is 20.9 Å². The summed E-state index contributed by atoms with van der Waals surface area (Å²) in [5, 5.41) is 0. The second-order valence-corrected chi connectivity index (χ2v) is 15.6. The van der Waals surface area contributed by atoms with Gasteiger partial charge >= 0.3 is 11.9 Å². The summed E-state index contributed by atoms with van der Waals surface area (Å²) in [6, 6.07) is 4.61. The Balaban J connectivity index is 1.14. The quantitative estimate of drug-likeness (QED) is 0.129. The Labute approximate surface area is 259 Å². The highest BCUT2D eigenvalue weighted by Gasteiger charge is 2.60. The molecule has 0 radical (unpaired) electrons. The van der Waals surface area contributed by atoms with E-state index in [1.807, 2.05) is 0 Å². The zero-order valence-electron chi connectivity index (χ0n) is 27.3. The maximum Gasteiger partial charge on any atom is 0.336 e. The average Bonchev–Trinajstić information content (AvgIpc) is 3.28. The van der Waals surface area contributed by atoms with Crippen LogP contribution in [-0.4, -0.2) is 18.0 Å². The van der Waals surface area contributed by atoms with Gasteiger partial charge in [-0.25, -0.2) is 9.59 Å². The summed E-state index contributed by atoms with van der Waals surface area (Å²) in [4.78, 5) is 24.9. The van der Waals surface area contributed by atoms with Crippen molar-refractivity contribution >= 4 is 23.3 Å². The fourth-order valence-electron chi connectivity index (χ4n) is 10.5. The molecular formula is C37H56N2O4. The lowest BCUT2D eigenvalue weighted by Crippen LogP contribution is -2.54. The molecule has 1 aromatic carbocycles. The number of benzene rings is 1. The molecule has 238 valence electrons. The number of ether oxygens (including phenoxy) is 2. The lowest BCUT2D eigenvalue weighted by Gasteiger charge is -2.61. The van der Waals surface area contributed by atoms with E-state index in [9.17, 15) is 9.59 Å². The zero-order valence-corrected chi connectivity index (χ0v) is 27.3. The topological polar surface area (TPSA) is 105 Å². The summed E-state index contributed by atoms with van der Waals surface area (Å²) in [6.45, 7) is 12.5. The Kier molecular flexibility index (Phi) is 9.54. The van der Waals surface area contributed by atoms with Crippen LogP contribution in [0, 0.1) is 52.3 Å². The third kappa shape index (κ3) is 6.78. The molecular weight excluding hydrogens is 536 g/mol. The fraction of sp³-hybridized carbons (Fsp3) is 0.730. The van der Waals surface area contributed by atoms with Crippen LogP contribution in [0.3, 0.4) is 0 Å². The molecule has 0 aliphatic heterocycles. The van der Waals surface area contributed by atoms with Crippen molar-refractivity contribution in [2.45, 2.75) is 118 Å². The van der Waals surface area contributed by atoms with E-state index in [1.165, 1.54) is 76.0 Å². The van der Waals surface area contributed by atoms with Gasteiger partial charge in [-0.2, -0.15) is 0 Å². The molecule has 0 amide bonds. The minimum Gasteiger partial charge on any atom is -0.459 e. The lowest BCUT2D eigenvalue weighted by molar-refractivity contribution is -0.158. The second-order valence-electron chi connectivity index (χ2n) is 15.6. The monoisotopic (exact) mass is 592 g/mol. The number of esters is 2. The smallest absolute Gasteiger partial charge is 0.336 e. The van der Waals surface area contributed by atoms with Crippen molar-refractivity contribution in [2.75, 3.05) is 11.5 Å². The SMILES string of the molecule is CC(C)CCCC(C)C1CCC2C3CCC4CC(OC(=O)C=CC(=O)Oc5cc(N)cc(N)c5)CCC4(C)C3CCC12C. The molecule has 0 spiro atoms. The summed E-state index contributed by atoms with van der Waals surface area (Å²) in [6.07, 6.45) is 17.5. The highest BCUT2D eigenvalue weighted by Crippen LogP contribution is 2.68. The molecule has 6 nitrogen and oxygen atoms in total. The van der Waals surface area contributed by atoms with Gasteiger partial charge in [-0.15, -0.1) is 0 Å². The van der Waals surface area contributed by atoms with Gasteiger partial charge < -0.3 is 20.9 Å². The molecule has 6 heteroatoms. The lowest BCUT2D eigenvalue weighted by atomic mass is 9.44. The van der Waals surface area contributed by atoms with Crippen LogP contribution < -0.4 is 16.2 Å². The van der Waals surface area contributed by atoms with Crippen LogP contribution in [0.15, 0.2) is 30.4 Å². The molecule has 4 saturated carbocycles. The van der Waals surface area contributed by atoms with Crippen LogP contribution in [0.4, 0.5) is 11.4 Å². The minimum atomic E-state index is -0.667. The van der Waals surface area contributed by atoms with Crippen molar-refractivity contribution in [3.05, 3.63) is 30.4 Å². The number of hydrogen-bond acceptors (Lipinski definition) is 6. The fourth-order valence-corrected chi connectivity index (χ4v) is 10.5. The van der Waals surface area contributed by atoms with Crippen LogP contribution >= 0.6 is 0 Å². The van der Waals surface area contributed by atoms with Crippen molar-refractivity contribution in [1.82, 2.24) is 0 Å². The molecule has 0 aromatic heterocycles. The van der Waals surface area contributed by atoms with Crippen molar-refractivity contribution in [3.8, 4) is 5.75 Å². The van der Waals surface area contributed by atoms with Crippen LogP contribution in [0.5, 0.6) is 5.75 Å². The van der Waals surface area contributed by atoms with E-state index in [0.29, 0.717) is 28.1 Å². The van der Waals surface area contributed by atoms with E-state index in [2.05, 4.69) is 34.6 Å². The molecule has 0 saturated heterocycles. The predicted octanol–water partition coefficient (Wildman–Crippen LogP) is 8.35. The molecule has 9 unspecified atom stereocenters. The highest BCUT2D eigenvalue weighted by molar-refractivity contribution is 5.92. The Morgan fingerprint density at radius 1 is 0.860 bits per heavy atom. The van der Waals surface area contributed by atoms with Gasteiger partial charge in [-0.3, -0.25) is 0 Å². The largest absolute Gasteiger partial charge is 0.459 e. The Morgan fingerprint density at radius 2 is 1.53 bits per heavy atom. The number of fused-ring (bicyclic) bond motifs is 5. The number of carbonyl (C=O) groups is 2. The van der Waals surface area contributed by atoms with Gasteiger partial charge in [0, 0.05) is 35.7 Å². The number of nitrogen functional groups attached to an aromatic ring is 2. The molecule has 9 atom stereocenters. The summed E-state index contributed by atoms with van der Waals surface area (Å²) in [7, 11) is 0.